The van der Waals surface area contributed by atoms with Gasteiger partial charge < -0.3 is 4.74 Å². The largest absolute Gasteiger partial charge is 0.489 e. The van der Waals surface area contributed by atoms with E-state index in [1.54, 1.807) is 12.3 Å². The van der Waals surface area contributed by atoms with Crippen molar-refractivity contribution in [1.29, 1.82) is 0 Å². The van der Waals surface area contributed by atoms with Gasteiger partial charge in [0.15, 0.2) is 0 Å². The first-order valence-electron chi connectivity index (χ1n) is 4.60. The highest BCUT2D eigenvalue weighted by molar-refractivity contribution is 9.10. The fourth-order valence-electron chi connectivity index (χ4n) is 1.39. The first-order chi connectivity index (χ1) is 7.33. The Morgan fingerprint density at radius 2 is 2.27 bits per heavy atom. The predicted octanol–water partition coefficient (Wildman–Crippen LogP) is 3.56. The maximum absolute atomic E-state index is 5.54. The van der Waals surface area contributed by atoms with E-state index >= 15 is 0 Å². The van der Waals surface area contributed by atoms with Gasteiger partial charge >= 0.3 is 0 Å². The van der Waals surface area contributed by atoms with Gasteiger partial charge in [0.05, 0.1) is 5.52 Å². The van der Waals surface area contributed by atoms with Gasteiger partial charge in [-0.3, -0.25) is 4.98 Å². The average molecular weight is 264 g/mol. The number of aromatic nitrogens is 1. The molecule has 0 radical (unpaired) electrons. The molecular formula is C12H10BrNO. The van der Waals surface area contributed by atoms with E-state index in [1.807, 2.05) is 24.3 Å². The van der Waals surface area contributed by atoms with Crippen molar-refractivity contribution in [3.05, 3.63) is 47.6 Å². The average Bonchev–Trinajstić information content (AvgIpc) is 2.27. The summed E-state index contributed by atoms with van der Waals surface area (Å²) in [5, 5.41) is 1.01. The first kappa shape index (κ1) is 10.2. The summed E-state index contributed by atoms with van der Waals surface area (Å²) in [7, 11) is 0. The molecule has 15 heavy (non-hydrogen) atoms. The highest BCUT2D eigenvalue weighted by atomic mass is 79.9. The zero-order valence-corrected chi connectivity index (χ0v) is 9.70. The van der Waals surface area contributed by atoms with Crippen molar-refractivity contribution in [1.82, 2.24) is 4.98 Å². The van der Waals surface area contributed by atoms with Crippen molar-refractivity contribution in [2.45, 2.75) is 0 Å². The standard InChI is InChI=1S/C12H10BrNO/c1-2-8-15-11-6-7-14-12-9(11)4-3-5-10(12)13/h2-7H,1,8H2. The molecule has 2 nitrogen and oxygen atoms in total. The number of halogens is 1. The van der Waals surface area contributed by atoms with Gasteiger partial charge in [0.2, 0.25) is 0 Å². The zero-order chi connectivity index (χ0) is 10.7. The van der Waals surface area contributed by atoms with Crippen molar-refractivity contribution in [3.63, 3.8) is 0 Å². The number of ether oxygens (including phenoxy) is 1. The minimum atomic E-state index is 0.506. The summed E-state index contributed by atoms with van der Waals surface area (Å²) in [6.07, 6.45) is 3.47. The fraction of sp³-hybridized carbons (Fsp3) is 0.0833. The fourth-order valence-corrected chi connectivity index (χ4v) is 1.86. The summed E-state index contributed by atoms with van der Waals surface area (Å²) in [4.78, 5) is 4.30. The van der Waals surface area contributed by atoms with Gasteiger partial charge in [-0.15, -0.1) is 0 Å². The Morgan fingerprint density at radius 3 is 3.07 bits per heavy atom. The summed E-state index contributed by atoms with van der Waals surface area (Å²) in [6.45, 7) is 4.13. The maximum atomic E-state index is 5.54. The Morgan fingerprint density at radius 1 is 1.40 bits per heavy atom. The Labute approximate surface area is 96.7 Å². The van der Waals surface area contributed by atoms with Gasteiger partial charge in [-0.2, -0.15) is 0 Å². The van der Waals surface area contributed by atoms with Crippen LogP contribution in [0.25, 0.3) is 10.9 Å². The van der Waals surface area contributed by atoms with Crippen LogP contribution in [0.1, 0.15) is 0 Å². The lowest BCUT2D eigenvalue weighted by molar-refractivity contribution is 0.367. The minimum absolute atomic E-state index is 0.506. The third-order valence-electron chi connectivity index (χ3n) is 2.04. The van der Waals surface area contributed by atoms with Crippen molar-refractivity contribution in [2.24, 2.45) is 0 Å². The second-order valence-electron chi connectivity index (χ2n) is 3.04. The van der Waals surface area contributed by atoms with E-state index < -0.39 is 0 Å². The molecule has 0 spiro atoms. The zero-order valence-electron chi connectivity index (χ0n) is 8.11. The first-order valence-corrected chi connectivity index (χ1v) is 5.39. The third kappa shape index (κ3) is 2.02. The van der Waals surface area contributed by atoms with Crippen LogP contribution in [0.15, 0.2) is 47.6 Å². The van der Waals surface area contributed by atoms with Crippen LogP contribution in [-0.4, -0.2) is 11.6 Å². The Balaban J connectivity index is 2.55. The number of pyridine rings is 1. The van der Waals surface area contributed by atoms with Crippen LogP contribution in [0.4, 0.5) is 0 Å². The predicted molar refractivity (Wildman–Crippen MR) is 65.1 cm³/mol. The molecule has 0 bridgehead atoms. The van der Waals surface area contributed by atoms with Gasteiger partial charge in [-0.1, -0.05) is 18.7 Å². The van der Waals surface area contributed by atoms with E-state index in [2.05, 4.69) is 27.5 Å². The Hall–Kier alpha value is -1.35. The molecule has 0 N–H and O–H groups in total. The van der Waals surface area contributed by atoms with Crippen LogP contribution in [-0.2, 0) is 0 Å². The van der Waals surface area contributed by atoms with Gasteiger partial charge in [-0.25, -0.2) is 0 Å². The SMILES string of the molecule is C=CCOc1ccnc2c(Br)cccc12. The molecule has 3 heteroatoms. The van der Waals surface area contributed by atoms with Crippen LogP contribution < -0.4 is 4.74 Å². The number of para-hydroxylation sites is 1. The normalized spacial score (nSPS) is 10.2. The van der Waals surface area contributed by atoms with Crippen LogP contribution >= 0.6 is 15.9 Å². The second kappa shape index (κ2) is 4.45. The van der Waals surface area contributed by atoms with Crippen molar-refractivity contribution >= 4 is 26.8 Å². The Bertz CT molecular complexity index is 496. The van der Waals surface area contributed by atoms with E-state index in [0.29, 0.717) is 6.61 Å². The molecule has 0 saturated heterocycles. The van der Waals surface area contributed by atoms with E-state index in [4.69, 9.17) is 4.74 Å². The van der Waals surface area contributed by atoms with E-state index in [9.17, 15) is 0 Å². The summed E-state index contributed by atoms with van der Waals surface area (Å²) in [6, 6.07) is 7.78. The van der Waals surface area contributed by atoms with Crippen LogP contribution in [0.3, 0.4) is 0 Å². The number of benzene rings is 1. The third-order valence-corrected chi connectivity index (χ3v) is 2.68. The molecule has 1 aromatic heterocycles. The lowest BCUT2D eigenvalue weighted by Crippen LogP contribution is -1.94. The number of rotatable bonds is 3. The molecule has 1 heterocycles. The Kier molecular flexibility index (Phi) is 3.02. The molecule has 0 fully saturated rings. The highest BCUT2D eigenvalue weighted by Gasteiger charge is 2.04. The molecule has 0 atom stereocenters. The van der Waals surface area contributed by atoms with Crippen molar-refractivity contribution < 1.29 is 4.74 Å². The van der Waals surface area contributed by atoms with Gasteiger partial charge in [0.1, 0.15) is 12.4 Å². The number of nitrogens with zero attached hydrogens (tertiary/aromatic N) is 1. The summed E-state index contributed by atoms with van der Waals surface area (Å²) in [5.41, 5.74) is 0.916. The van der Waals surface area contributed by atoms with Crippen LogP contribution in [0, 0.1) is 0 Å². The summed E-state index contributed by atoms with van der Waals surface area (Å²) >= 11 is 3.46. The van der Waals surface area contributed by atoms with Gasteiger partial charge in [-0.05, 0) is 34.1 Å². The molecule has 0 unspecified atom stereocenters. The lowest BCUT2D eigenvalue weighted by Gasteiger charge is -2.07. The van der Waals surface area contributed by atoms with Crippen molar-refractivity contribution in [2.75, 3.05) is 6.61 Å². The minimum Gasteiger partial charge on any atom is -0.489 e. The number of fused-ring (bicyclic) bond motifs is 1. The molecule has 0 aliphatic rings. The molecule has 0 aliphatic heterocycles. The number of hydrogen-bond donors (Lipinski definition) is 0. The van der Waals surface area contributed by atoms with Crippen LogP contribution in [0.5, 0.6) is 5.75 Å². The summed E-state index contributed by atoms with van der Waals surface area (Å²) < 4.78 is 6.52. The van der Waals surface area contributed by atoms with E-state index in [0.717, 1.165) is 21.1 Å². The summed E-state index contributed by atoms with van der Waals surface area (Å²) in [5.74, 6) is 0.834. The molecular weight excluding hydrogens is 254 g/mol. The molecule has 2 aromatic rings. The highest BCUT2D eigenvalue weighted by Crippen LogP contribution is 2.28. The second-order valence-corrected chi connectivity index (χ2v) is 3.90. The molecule has 76 valence electrons. The quantitative estimate of drug-likeness (QED) is 0.791. The molecule has 0 amide bonds. The van der Waals surface area contributed by atoms with Crippen LogP contribution in [0.2, 0.25) is 0 Å². The maximum Gasteiger partial charge on any atom is 0.130 e. The molecule has 1 aromatic carbocycles. The molecule has 0 saturated carbocycles. The smallest absolute Gasteiger partial charge is 0.130 e. The van der Waals surface area contributed by atoms with E-state index in [1.165, 1.54) is 0 Å². The topological polar surface area (TPSA) is 22.1 Å². The van der Waals surface area contributed by atoms with Crippen molar-refractivity contribution in [3.8, 4) is 5.75 Å². The lowest BCUT2D eigenvalue weighted by atomic mass is 10.2. The number of hydrogen-bond acceptors (Lipinski definition) is 2. The van der Waals surface area contributed by atoms with Gasteiger partial charge in [0, 0.05) is 16.1 Å². The monoisotopic (exact) mass is 263 g/mol. The van der Waals surface area contributed by atoms with Gasteiger partial charge in [0.25, 0.3) is 0 Å². The molecule has 0 aliphatic carbocycles. The van der Waals surface area contributed by atoms with E-state index in [-0.39, 0.29) is 0 Å². The molecule has 2 rings (SSSR count).